The van der Waals surface area contributed by atoms with Crippen LogP contribution in [0.25, 0.3) is 0 Å². The molecule has 4 aromatic carbocycles. The summed E-state index contributed by atoms with van der Waals surface area (Å²) < 4.78 is 0. The number of hydrogen-bond acceptors (Lipinski definition) is 2. The van der Waals surface area contributed by atoms with Crippen molar-refractivity contribution in [3.05, 3.63) is 117 Å². The Morgan fingerprint density at radius 2 is 0.676 bits per heavy atom. The van der Waals surface area contributed by atoms with Gasteiger partial charge < -0.3 is 14.8 Å². The van der Waals surface area contributed by atoms with Gasteiger partial charge in [0.2, 0.25) is 0 Å². The van der Waals surface area contributed by atoms with E-state index in [0.29, 0.717) is 23.7 Å². The zero-order chi connectivity index (χ0) is 51.7. The maximum Gasteiger partial charge on any atom is 0.137 e. The molecule has 2 unspecified atom stereocenters. The number of carboxylic acid groups (broad SMARTS) is 1. The topological polar surface area (TPSA) is 43.4 Å². The van der Waals surface area contributed by atoms with E-state index in [9.17, 15) is 9.90 Å². The summed E-state index contributed by atoms with van der Waals surface area (Å²) in [6, 6.07) is 29.2. The highest BCUT2D eigenvalue weighted by Gasteiger charge is 2.43. The molecule has 1 heterocycles. The third-order valence-corrected chi connectivity index (χ3v) is 20.4. The van der Waals surface area contributed by atoms with Gasteiger partial charge in [-0.3, -0.25) is 0 Å². The Morgan fingerprint density at radius 1 is 0.441 bits per heavy atom. The minimum absolute atomic E-state index is 0.0345. The van der Waals surface area contributed by atoms with Crippen molar-refractivity contribution in [3.63, 3.8) is 0 Å². The summed E-state index contributed by atoms with van der Waals surface area (Å²) >= 11 is 0. The Balaban J connectivity index is 1.83. The van der Waals surface area contributed by atoms with Crippen LogP contribution in [0, 0.1) is 0 Å². The number of rotatable bonds is 8. The predicted molar refractivity (Wildman–Crippen MR) is 306 cm³/mol. The van der Waals surface area contributed by atoms with E-state index in [1.807, 2.05) is 0 Å². The highest BCUT2D eigenvalue weighted by molar-refractivity contribution is 7.73. The molecule has 0 saturated carbocycles. The van der Waals surface area contributed by atoms with E-state index in [2.05, 4.69) is 239 Å². The summed E-state index contributed by atoms with van der Waals surface area (Å²) in [5.41, 5.74) is 10.4. The monoisotopic (exact) mass is 977 g/mol. The molecule has 0 aliphatic carbocycles. The fourth-order valence-corrected chi connectivity index (χ4v) is 16.1. The van der Waals surface area contributed by atoms with Crippen molar-refractivity contribution in [2.75, 3.05) is 6.54 Å². The van der Waals surface area contributed by atoms with E-state index in [-0.39, 0.29) is 60.4 Å². The molecular formula is C62H93NO2P3-. The number of likely N-dealkylation sites (tertiary alicyclic amines) is 1. The first-order valence-electron chi connectivity index (χ1n) is 25.5. The van der Waals surface area contributed by atoms with E-state index < -0.39 is 14.0 Å². The first kappa shape index (κ1) is 56.4. The van der Waals surface area contributed by atoms with Crippen LogP contribution in [0.5, 0.6) is 0 Å². The Morgan fingerprint density at radius 3 is 0.897 bits per heavy atom. The average Bonchev–Trinajstić information content (AvgIpc) is 3.60. The van der Waals surface area contributed by atoms with Crippen LogP contribution in [0.1, 0.15) is 217 Å². The molecule has 4 atom stereocenters. The quantitative estimate of drug-likeness (QED) is 0.165. The Labute approximate surface area is 422 Å². The van der Waals surface area contributed by atoms with Crippen LogP contribution in [0.2, 0.25) is 0 Å². The van der Waals surface area contributed by atoms with E-state index in [4.69, 9.17) is 0 Å². The molecule has 0 spiro atoms. The van der Waals surface area contributed by atoms with Crippen LogP contribution >= 0.6 is 25.1 Å². The first-order valence-corrected chi connectivity index (χ1v) is 29.0. The minimum Gasteiger partial charge on any atom is -0.530 e. The van der Waals surface area contributed by atoms with Crippen molar-refractivity contribution < 1.29 is 9.90 Å². The van der Waals surface area contributed by atoms with Crippen LogP contribution in [0.3, 0.4) is 0 Å². The molecule has 1 aliphatic rings. The molecule has 0 N–H and O–H groups in total. The molecule has 5 rings (SSSR count). The van der Waals surface area contributed by atoms with Crippen LogP contribution in [0.4, 0.5) is 4.79 Å². The van der Waals surface area contributed by atoms with Gasteiger partial charge in [0, 0.05) is 23.6 Å². The number of hydrogen-bond donors (Lipinski definition) is 0. The normalized spacial score (nSPS) is 17.9. The molecule has 68 heavy (non-hydrogen) atoms. The van der Waals surface area contributed by atoms with Crippen molar-refractivity contribution in [1.29, 1.82) is 0 Å². The van der Waals surface area contributed by atoms with E-state index >= 15 is 0 Å². The standard InChI is InChI=1S/C62H94NO2P3/c1-55(2,3)39-25-40(56(4,5)6)30-47(29-39)66-53(67-48-31-41(57(7,8)9)26-42(32-48)58(10,11)12)52-37-51(38-63(52)54(64)65)68(49-33-43(59(13,14)15)27-44(34-49)60(16,17)18)50-35-45(61(19,20)21)28-46(36-50)62(22,23)24/h25-36,51-53,66-67H,37-38H2,1-24H3,(H,64,65)/p-1/t51-,52-/m0/s1. The van der Waals surface area contributed by atoms with Gasteiger partial charge >= 0.3 is 0 Å². The number of carbonyl (C=O) groups excluding carboxylic acids is 1. The van der Waals surface area contributed by atoms with Gasteiger partial charge in [0.15, 0.2) is 0 Å². The highest BCUT2D eigenvalue weighted by atomic mass is 31.1. The SMILES string of the molecule is CC(C)(C)c1cc(PC(Pc2cc(C(C)(C)C)cc(C(C)(C)C)c2)[C@@H]2C[C@H](P(c3cc(C(C)(C)C)cc(C(C)(C)C)c3)c3cc(C(C)(C)C)cc(C(C)(C)C)c3)CN2C(=O)[O-])cc(C(C)(C)C)c1. The van der Waals surface area contributed by atoms with Gasteiger partial charge in [-0.2, -0.15) is 0 Å². The molecule has 0 aromatic heterocycles. The lowest BCUT2D eigenvalue weighted by molar-refractivity contribution is -0.266. The number of carbonyl (C=O) groups is 1. The van der Waals surface area contributed by atoms with Crippen LogP contribution in [-0.2, 0) is 43.3 Å². The molecule has 3 nitrogen and oxygen atoms in total. The Kier molecular flexibility index (Phi) is 16.1. The lowest BCUT2D eigenvalue weighted by Crippen LogP contribution is -2.47. The third kappa shape index (κ3) is 13.9. The molecule has 374 valence electrons. The van der Waals surface area contributed by atoms with Gasteiger partial charge in [-0.1, -0.05) is 256 Å². The van der Waals surface area contributed by atoms with Crippen LogP contribution < -0.4 is 26.3 Å². The van der Waals surface area contributed by atoms with Gasteiger partial charge in [-0.25, -0.2) is 0 Å². The van der Waals surface area contributed by atoms with Crippen molar-refractivity contribution in [2.24, 2.45) is 0 Å². The van der Waals surface area contributed by atoms with Crippen LogP contribution in [0.15, 0.2) is 72.8 Å². The molecule has 0 bridgehead atoms. The summed E-state index contributed by atoms with van der Waals surface area (Å²) in [4.78, 5) is 15.8. The fraction of sp³-hybridized carbons (Fsp3) is 0.597. The molecule has 1 aliphatic heterocycles. The average molecular weight is 977 g/mol. The van der Waals surface area contributed by atoms with Gasteiger partial charge in [0.1, 0.15) is 6.09 Å². The lowest BCUT2D eigenvalue weighted by atomic mass is 9.81. The second-order valence-corrected chi connectivity index (χ2v) is 34.7. The van der Waals surface area contributed by atoms with Crippen molar-refractivity contribution in [3.8, 4) is 0 Å². The first-order chi connectivity index (χ1) is 30.5. The molecule has 6 heteroatoms. The van der Waals surface area contributed by atoms with Crippen molar-refractivity contribution in [2.45, 2.75) is 233 Å². The third-order valence-electron chi connectivity index (χ3n) is 14.1. The Bertz CT molecular complexity index is 2160. The van der Waals surface area contributed by atoms with Gasteiger partial charge in [0.25, 0.3) is 0 Å². The van der Waals surface area contributed by atoms with Gasteiger partial charge in [-0.05, 0) is 123 Å². The number of benzene rings is 4. The van der Waals surface area contributed by atoms with E-state index in [1.165, 1.54) is 65.7 Å². The fourth-order valence-electron chi connectivity index (χ4n) is 9.10. The zero-order valence-corrected chi connectivity index (χ0v) is 50.2. The largest absolute Gasteiger partial charge is 0.530 e. The van der Waals surface area contributed by atoms with Gasteiger partial charge in [-0.15, -0.1) is 0 Å². The highest BCUT2D eigenvalue weighted by Crippen LogP contribution is 2.52. The molecule has 1 amide bonds. The van der Waals surface area contributed by atoms with E-state index in [1.54, 1.807) is 4.90 Å². The summed E-state index contributed by atoms with van der Waals surface area (Å²) in [7, 11) is -0.204. The summed E-state index contributed by atoms with van der Waals surface area (Å²) in [6.07, 6.45) is -0.252. The summed E-state index contributed by atoms with van der Waals surface area (Å²) in [6.45, 7) is 56.2. The zero-order valence-electron chi connectivity index (χ0n) is 47.3. The summed E-state index contributed by atoms with van der Waals surface area (Å²) in [5, 5.41) is 19.4. The van der Waals surface area contributed by atoms with E-state index in [0.717, 1.165) is 6.42 Å². The second-order valence-electron chi connectivity index (χ2n) is 28.6. The van der Waals surface area contributed by atoms with Crippen LogP contribution in [-0.4, -0.2) is 34.6 Å². The summed E-state index contributed by atoms with van der Waals surface area (Å²) in [5.74, 6) is 0. The molecule has 4 aromatic rings. The smallest absolute Gasteiger partial charge is 0.137 e. The molecule has 1 saturated heterocycles. The van der Waals surface area contributed by atoms with Crippen molar-refractivity contribution in [1.82, 2.24) is 4.90 Å². The number of nitrogens with zero attached hydrogens (tertiary/aromatic N) is 1. The second kappa shape index (κ2) is 19.5. The minimum atomic E-state index is -1.04. The predicted octanol–water partition coefficient (Wildman–Crippen LogP) is 14.6. The molecule has 1 fully saturated rings. The number of amides is 1. The molecular weight excluding hydrogens is 884 g/mol. The maximum atomic E-state index is 14.0. The maximum absolute atomic E-state index is 14.0. The van der Waals surface area contributed by atoms with Crippen molar-refractivity contribution >= 4 is 52.4 Å². The van der Waals surface area contributed by atoms with Gasteiger partial charge in [0.05, 0.1) is 0 Å². The lowest BCUT2D eigenvalue weighted by Gasteiger charge is -2.35. The molecule has 0 radical (unpaired) electrons. The Hall–Kier alpha value is -2.56.